The maximum Gasteiger partial charge on any atom is 0.251 e. The van der Waals surface area contributed by atoms with E-state index in [9.17, 15) is 9.59 Å². The fourth-order valence-corrected chi connectivity index (χ4v) is 3.09. The van der Waals surface area contributed by atoms with Gasteiger partial charge in [0.05, 0.1) is 18.7 Å². The van der Waals surface area contributed by atoms with E-state index in [1.807, 2.05) is 27.7 Å². The van der Waals surface area contributed by atoms with Gasteiger partial charge in [-0.05, 0) is 68.7 Å². The molecule has 7 heteroatoms. The largest absolute Gasteiger partial charge is 0.493 e. The van der Waals surface area contributed by atoms with E-state index in [1.54, 1.807) is 36.4 Å². The lowest BCUT2D eigenvalue weighted by molar-refractivity contribution is -0.111. The Kier molecular flexibility index (Phi) is 8.94. The number of benzene rings is 2. The average Bonchev–Trinajstić information content (AvgIpc) is 2.71. The minimum Gasteiger partial charge on any atom is -0.493 e. The Morgan fingerprint density at radius 1 is 1.19 bits per heavy atom. The number of hydrogen-bond acceptors (Lipinski definition) is 4. The van der Waals surface area contributed by atoms with Gasteiger partial charge in [0.25, 0.3) is 5.91 Å². The maximum atomic E-state index is 12.4. The lowest BCUT2D eigenvalue weighted by atomic mass is 10.1. The number of nitrogens with one attached hydrogen (secondary N) is 2. The van der Waals surface area contributed by atoms with Gasteiger partial charge in [-0.3, -0.25) is 9.59 Å². The van der Waals surface area contributed by atoms with Crippen molar-refractivity contribution in [2.24, 2.45) is 0 Å². The molecule has 0 saturated carbocycles. The minimum absolute atomic E-state index is 0.0238. The van der Waals surface area contributed by atoms with Crippen LogP contribution >= 0.6 is 11.6 Å². The second kappa shape index (κ2) is 11.4. The second-order valence-corrected chi connectivity index (χ2v) is 7.77. The van der Waals surface area contributed by atoms with E-state index >= 15 is 0 Å². The molecule has 0 saturated heterocycles. The molecule has 0 aliphatic carbocycles. The third-order valence-electron chi connectivity index (χ3n) is 4.30. The van der Waals surface area contributed by atoms with Gasteiger partial charge >= 0.3 is 0 Å². The first kappa shape index (κ1) is 24.3. The zero-order valence-corrected chi connectivity index (χ0v) is 19.3. The summed E-state index contributed by atoms with van der Waals surface area (Å²) in [4.78, 5) is 24.7. The fourth-order valence-electron chi connectivity index (χ4n) is 2.82. The Morgan fingerprint density at radius 3 is 2.58 bits per heavy atom. The molecule has 2 rings (SSSR count). The van der Waals surface area contributed by atoms with Crippen LogP contribution < -0.4 is 20.1 Å². The van der Waals surface area contributed by atoms with E-state index in [0.717, 1.165) is 12.0 Å². The van der Waals surface area contributed by atoms with Gasteiger partial charge < -0.3 is 20.1 Å². The molecule has 0 bridgehead atoms. The summed E-state index contributed by atoms with van der Waals surface area (Å²) in [5, 5.41) is 6.05. The molecule has 2 aromatic carbocycles. The van der Waals surface area contributed by atoms with Crippen LogP contribution in [0, 0.1) is 6.92 Å². The minimum atomic E-state index is -0.333. The fraction of sp³-hybridized carbons (Fsp3) is 0.333. The topological polar surface area (TPSA) is 76.7 Å². The monoisotopic (exact) mass is 444 g/mol. The summed E-state index contributed by atoms with van der Waals surface area (Å²) in [6.07, 6.45) is 3.88. The Bertz CT molecular complexity index is 970. The molecule has 31 heavy (non-hydrogen) atoms. The molecule has 2 amide bonds. The lowest BCUT2D eigenvalue weighted by Gasteiger charge is -2.13. The summed E-state index contributed by atoms with van der Waals surface area (Å²) in [7, 11) is 1.54. The van der Waals surface area contributed by atoms with E-state index < -0.39 is 0 Å². The summed E-state index contributed by atoms with van der Waals surface area (Å²) < 4.78 is 11.0. The molecule has 0 aromatic heterocycles. The van der Waals surface area contributed by atoms with Gasteiger partial charge in [0.2, 0.25) is 5.91 Å². The number of rotatable bonds is 9. The number of anilines is 1. The Balaban J connectivity index is 2.14. The number of aryl methyl sites for hydroxylation is 1. The summed E-state index contributed by atoms with van der Waals surface area (Å²) in [5.41, 5.74) is 2.59. The van der Waals surface area contributed by atoms with Gasteiger partial charge in [0.1, 0.15) is 0 Å². The Hall–Kier alpha value is -2.99. The standard InChI is InChI=1S/C24H29ClN2O4/c1-6-11-31-23-20(25)12-17(13-21(23)30-5)8-10-22(28)27-18-9-7-16(4)19(14-18)24(29)26-15(2)3/h7-10,12-15H,6,11H2,1-5H3,(H,26,29)(H,27,28). The zero-order valence-electron chi connectivity index (χ0n) is 18.5. The molecule has 6 nitrogen and oxygen atoms in total. The normalized spacial score (nSPS) is 10.9. The highest BCUT2D eigenvalue weighted by Crippen LogP contribution is 2.36. The molecule has 2 aromatic rings. The van der Waals surface area contributed by atoms with Crippen molar-refractivity contribution in [1.29, 1.82) is 0 Å². The van der Waals surface area contributed by atoms with Crippen LogP contribution in [0.2, 0.25) is 5.02 Å². The number of methoxy groups -OCH3 is 1. The van der Waals surface area contributed by atoms with Crippen LogP contribution in [-0.2, 0) is 4.79 Å². The molecule has 0 fully saturated rings. The number of ether oxygens (including phenoxy) is 2. The van der Waals surface area contributed by atoms with Gasteiger partial charge in [0.15, 0.2) is 11.5 Å². The predicted molar refractivity (Wildman–Crippen MR) is 125 cm³/mol. The summed E-state index contributed by atoms with van der Waals surface area (Å²) in [6.45, 7) is 8.18. The van der Waals surface area contributed by atoms with Crippen molar-refractivity contribution in [1.82, 2.24) is 5.32 Å². The molecule has 0 aliphatic rings. The van der Waals surface area contributed by atoms with E-state index in [-0.39, 0.29) is 17.9 Å². The highest BCUT2D eigenvalue weighted by Gasteiger charge is 2.13. The molecule has 0 radical (unpaired) electrons. The summed E-state index contributed by atoms with van der Waals surface area (Å²) in [5.74, 6) is 0.478. The van der Waals surface area contributed by atoms with Crippen LogP contribution in [-0.4, -0.2) is 31.6 Å². The number of hydrogen-bond donors (Lipinski definition) is 2. The number of amides is 2. The maximum absolute atomic E-state index is 12.4. The molecule has 0 spiro atoms. The molecule has 0 aliphatic heterocycles. The average molecular weight is 445 g/mol. The highest BCUT2D eigenvalue weighted by atomic mass is 35.5. The van der Waals surface area contributed by atoms with E-state index in [2.05, 4.69) is 10.6 Å². The van der Waals surface area contributed by atoms with Crippen LogP contribution in [0.25, 0.3) is 6.08 Å². The van der Waals surface area contributed by atoms with E-state index in [1.165, 1.54) is 13.2 Å². The van der Waals surface area contributed by atoms with Gasteiger partial charge in [-0.25, -0.2) is 0 Å². The van der Waals surface area contributed by atoms with Gasteiger partial charge in [-0.2, -0.15) is 0 Å². The molecule has 2 N–H and O–H groups in total. The first-order valence-electron chi connectivity index (χ1n) is 10.2. The molecule has 0 atom stereocenters. The number of carbonyl (C=O) groups excluding carboxylic acids is 2. The molecular weight excluding hydrogens is 416 g/mol. The third kappa shape index (κ3) is 7.03. The van der Waals surface area contributed by atoms with Crippen LogP contribution in [0.5, 0.6) is 11.5 Å². The van der Waals surface area contributed by atoms with Crippen LogP contribution in [0.1, 0.15) is 48.7 Å². The molecule has 0 unspecified atom stereocenters. The van der Waals surface area contributed by atoms with Crippen molar-refractivity contribution < 1.29 is 19.1 Å². The highest BCUT2D eigenvalue weighted by molar-refractivity contribution is 6.32. The Labute approximate surface area is 188 Å². The van der Waals surface area contributed by atoms with Gasteiger partial charge in [-0.15, -0.1) is 0 Å². The first-order chi connectivity index (χ1) is 14.7. The van der Waals surface area contributed by atoms with E-state index in [0.29, 0.717) is 39.9 Å². The lowest BCUT2D eigenvalue weighted by Crippen LogP contribution is -2.30. The smallest absolute Gasteiger partial charge is 0.251 e. The molecule has 0 heterocycles. The van der Waals surface area contributed by atoms with Crippen molar-refractivity contribution in [2.75, 3.05) is 19.0 Å². The van der Waals surface area contributed by atoms with Crippen LogP contribution in [0.4, 0.5) is 5.69 Å². The molecular formula is C24H29ClN2O4. The second-order valence-electron chi connectivity index (χ2n) is 7.36. The van der Waals surface area contributed by atoms with Gasteiger partial charge in [-0.1, -0.05) is 24.6 Å². The Morgan fingerprint density at radius 2 is 1.94 bits per heavy atom. The van der Waals surface area contributed by atoms with Crippen LogP contribution in [0.15, 0.2) is 36.4 Å². The predicted octanol–water partition coefficient (Wildman–Crippen LogP) is 5.24. The third-order valence-corrected chi connectivity index (χ3v) is 4.58. The summed E-state index contributed by atoms with van der Waals surface area (Å²) >= 11 is 6.31. The summed E-state index contributed by atoms with van der Waals surface area (Å²) in [6, 6.07) is 8.70. The van der Waals surface area contributed by atoms with E-state index in [4.69, 9.17) is 21.1 Å². The van der Waals surface area contributed by atoms with Crippen LogP contribution in [0.3, 0.4) is 0 Å². The van der Waals surface area contributed by atoms with Crippen molar-refractivity contribution in [2.45, 2.75) is 40.2 Å². The SMILES string of the molecule is CCCOc1c(Cl)cc(C=CC(=O)Nc2ccc(C)c(C(=O)NC(C)C)c2)cc1OC. The number of carbonyl (C=O) groups is 2. The zero-order chi connectivity index (χ0) is 23.0. The van der Waals surface area contributed by atoms with Crippen molar-refractivity contribution in [3.8, 4) is 11.5 Å². The molecule has 166 valence electrons. The quantitative estimate of drug-likeness (QED) is 0.519. The number of halogens is 1. The first-order valence-corrected chi connectivity index (χ1v) is 10.5. The van der Waals surface area contributed by atoms with Crippen molar-refractivity contribution >= 4 is 35.2 Å². The van der Waals surface area contributed by atoms with Crippen molar-refractivity contribution in [3.05, 3.63) is 58.1 Å². The van der Waals surface area contributed by atoms with Gasteiger partial charge in [0, 0.05) is 23.4 Å². The van der Waals surface area contributed by atoms with Crippen molar-refractivity contribution in [3.63, 3.8) is 0 Å².